The summed E-state index contributed by atoms with van der Waals surface area (Å²) in [5.41, 5.74) is 2.38. The number of aliphatic carboxylic acids is 1. The molecule has 0 bridgehead atoms. The molecule has 0 heterocycles. The number of rotatable bonds is 6. The van der Waals surface area contributed by atoms with Gasteiger partial charge in [-0.15, -0.1) is 0 Å². The quantitative estimate of drug-likeness (QED) is 0.817. The Hall–Kier alpha value is -1.88. The van der Waals surface area contributed by atoms with Gasteiger partial charge in [-0.05, 0) is 25.5 Å². The Morgan fingerprint density at radius 3 is 2.58 bits per heavy atom. The van der Waals surface area contributed by atoms with Gasteiger partial charge in [-0.25, -0.2) is 4.79 Å². The van der Waals surface area contributed by atoms with Gasteiger partial charge in [0.05, 0.1) is 0 Å². The van der Waals surface area contributed by atoms with Crippen molar-refractivity contribution < 1.29 is 19.4 Å². The summed E-state index contributed by atoms with van der Waals surface area (Å²) in [6.45, 7) is 4.05. The third-order valence-electron chi connectivity index (χ3n) is 2.84. The Balaban J connectivity index is 2.78. The van der Waals surface area contributed by atoms with Crippen LogP contribution in [0.15, 0.2) is 18.2 Å². The van der Waals surface area contributed by atoms with Crippen LogP contribution in [0.25, 0.3) is 0 Å². The maximum absolute atomic E-state index is 12.0. The highest BCUT2D eigenvalue weighted by atomic mass is 16.5. The van der Waals surface area contributed by atoms with E-state index in [1.165, 1.54) is 7.11 Å². The van der Waals surface area contributed by atoms with E-state index in [1.54, 1.807) is 6.07 Å². The molecule has 0 fully saturated rings. The van der Waals surface area contributed by atoms with Crippen LogP contribution in [0.2, 0.25) is 0 Å². The second-order valence-electron chi connectivity index (χ2n) is 4.46. The molecule has 1 atom stereocenters. The topological polar surface area (TPSA) is 75.6 Å². The lowest BCUT2D eigenvalue weighted by Crippen LogP contribution is -2.41. The minimum atomic E-state index is -1.06. The SMILES string of the molecule is COCCC(NC(=O)c1ccc(C)cc1C)C(=O)O. The van der Waals surface area contributed by atoms with Gasteiger partial charge in [0.1, 0.15) is 6.04 Å². The minimum absolute atomic E-state index is 0.239. The van der Waals surface area contributed by atoms with Gasteiger partial charge in [0.25, 0.3) is 5.91 Å². The van der Waals surface area contributed by atoms with Gasteiger partial charge in [0, 0.05) is 25.7 Å². The third kappa shape index (κ3) is 4.37. The van der Waals surface area contributed by atoms with Crippen molar-refractivity contribution in [1.29, 1.82) is 0 Å². The molecule has 0 aromatic heterocycles. The lowest BCUT2D eigenvalue weighted by molar-refractivity contribution is -0.139. The average molecular weight is 265 g/mol. The molecule has 19 heavy (non-hydrogen) atoms. The molecule has 104 valence electrons. The van der Waals surface area contributed by atoms with Crippen LogP contribution in [0.5, 0.6) is 0 Å². The Bertz CT molecular complexity index is 471. The number of carboxylic acids is 1. The summed E-state index contributed by atoms with van der Waals surface area (Å²) in [5, 5.41) is 11.5. The molecule has 1 aromatic rings. The maximum Gasteiger partial charge on any atom is 0.326 e. The summed E-state index contributed by atoms with van der Waals surface area (Å²) in [6.07, 6.45) is 0.239. The molecule has 2 N–H and O–H groups in total. The first-order valence-electron chi connectivity index (χ1n) is 6.05. The highest BCUT2D eigenvalue weighted by Crippen LogP contribution is 2.11. The van der Waals surface area contributed by atoms with Crippen LogP contribution < -0.4 is 5.32 Å². The Kier molecular flexibility index (Phi) is 5.51. The van der Waals surface area contributed by atoms with Crippen LogP contribution >= 0.6 is 0 Å². The fraction of sp³-hybridized carbons (Fsp3) is 0.429. The molecule has 1 unspecified atom stereocenters. The third-order valence-corrected chi connectivity index (χ3v) is 2.84. The van der Waals surface area contributed by atoms with Crippen molar-refractivity contribution >= 4 is 11.9 Å². The van der Waals surface area contributed by atoms with Crippen LogP contribution in [0.3, 0.4) is 0 Å². The number of aryl methyl sites for hydroxylation is 2. The van der Waals surface area contributed by atoms with Crippen molar-refractivity contribution in [2.75, 3.05) is 13.7 Å². The fourth-order valence-electron chi connectivity index (χ4n) is 1.80. The van der Waals surface area contributed by atoms with Crippen molar-refractivity contribution in [2.24, 2.45) is 0 Å². The molecule has 5 nitrogen and oxygen atoms in total. The number of carbonyl (C=O) groups is 2. The van der Waals surface area contributed by atoms with E-state index in [-0.39, 0.29) is 18.9 Å². The predicted octanol–water partition coefficient (Wildman–Crippen LogP) is 1.52. The first kappa shape index (κ1) is 15.2. The number of nitrogens with one attached hydrogen (secondary N) is 1. The van der Waals surface area contributed by atoms with E-state index in [2.05, 4.69) is 5.32 Å². The molecule has 0 aliphatic heterocycles. The number of carboxylic acid groups (broad SMARTS) is 1. The highest BCUT2D eigenvalue weighted by Gasteiger charge is 2.21. The number of hydrogen-bond acceptors (Lipinski definition) is 3. The highest BCUT2D eigenvalue weighted by molar-refractivity contribution is 5.97. The molecule has 0 spiro atoms. The van der Waals surface area contributed by atoms with E-state index in [4.69, 9.17) is 9.84 Å². The first-order valence-corrected chi connectivity index (χ1v) is 6.05. The van der Waals surface area contributed by atoms with E-state index in [1.807, 2.05) is 26.0 Å². The van der Waals surface area contributed by atoms with Crippen molar-refractivity contribution in [1.82, 2.24) is 5.32 Å². The fourth-order valence-corrected chi connectivity index (χ4v) is 1.80. The molecule has 5 heteroatoms. The standard InChI is InChI=1S/C14H19NO4/c1-9-4-5-11(10(2)8-9)13(16)15-12(14(17)18)6-7-19-3/h4-5,8,12H,6-7H2,1-3H3,(H,15,16)(H,17,18). The summed E-state index contributed by atoms with van der Waals surface area (Å²) in [4.78, 5) is 23.1. The predicted molar refractivity (Wildman–Crippen MR) is 71.3 cm³/mol. The normalized spacial score (nSPS) is 11.9. The summed E-state index contributed by atoms with van der Waals surface area (Å²) in [6, 6.07) is 4.48. The minimum Gasteiger partial charge on any atom is -0.480 e. The van der Waals surface area contributed by atoms with E-state index in [9.17, 15) is 9.59 Å². The van der Waals surface area contributed by atoms with E-state index >= 15 is 0 Å². The number of benzene rings is 1. The van der Waals surface area contributed by atoms with E-state index in [0.29, 0.717) is 5.56 Å². The molecule has 0 aliphatic carbocycles. The van der Waals surface area contributed by atoms with Crippen molar-refractivity contribution in [3.05, 3.63) is 34.9 Å². The zero-order valence-electron chi connectivity index (χ0n) is 11.4. The summed E-state index contributed by atoms with van der Waals surface area (Å²) in [5.74, 6) is -1.43. The lowest BCUT2D eigenvalue weighted by Gasteiger charge is -2.15. The zero-order valence-corrected chi connectivity index (χ0v) is 11.4. The van der Waals surface area contributed by atoms with Crippen LogP contribution in [-0.2, 0) is 9.53 Å². The van der Waals surface area contributed by atoms with Gasteiger partial charge < -0.3 is 15.2 Å². The number of methoxy groups -OCH3 is 1. The van der Waals surface area contributed by atoms with Crippen molar-refractivity contribution in [2.45, 2.75) is 26.3 Å². The van der Waals surface area contributed by atoms with Gasteiger partial charge in [-0.3, -0.25) is 4.79 Å². The number of carbonyl (C=O) groups excluding carboxylic acids is 1. The van der Waals surface area contributed by atoms with Crippen molar-refractivity contribution in [3.63, 3.8) is 0 Å². The number of hydrogen-bond donors (Lipinski definition) is 2. The molecule has 0 saturated heterocycles. The molecule has 1 aromatic carbocycles. The maximum atomic E-state index is 12.0. The Morgan fingerprint density at radius 1 is 1.37 bits per heavy atom. The second kappa shape index (κ2) is 6.89. The smallest absolute Gasteiger partial charge is 0.326 e. The average Bonchev–Trinajstić information content (AvgIpc) is 2.33. The number of ether oxygens (including phenoxy) is 1. The molecular weight excluding hydrogens is 246 g/mol. The van der Waals surface area contributed by atoms with Gasteiger partial charge in [-0.1, -0.05) is 17.7 Å². The van der Waals surface area contributed by atoms with Crippen LogP contribution in [0, 0.1) is 13.8 Å². The summed E-state index contributed by atoms with van der Waals surface area (Å²) in [7, 11) is 1.49. The zero-order chi connectivity index (χ0) is 14.4. The van der Waals surface area contributed by atoms with Gasteiger partial charge >= 0.3 is 5.97 Å². The van der Waals surface area contributed by atoms with E-state index in [0.717, 1.165) is 11.1 Å². The Labute approximate surface area is 112 Å². The molecular formula is C14H19NO4. The molecule has 0 aliphatic rings. The largest absolute Gasteiger partial charge is 0.480 e. The molecule has 0 radical (unpaired) electrons. The van der Waals surface area contributed by atoms with Crippen molar-refractivity contribution in [3.8, 4) is 0 Å². The van der Waals surface area contributed by atoms with Gasteiger partial charge in [0.15, 0.2) is 0 Å². The van der Waals surface area contributed by atoms with Crippen LogP contribution in [-0.4, -0.2) is 36.7 Å². The molecule has 1 amide bonds. The summed E-state index contributed by atoms with van der Waals surface area (Å²) >= 11 is 0. The Morgan fingerprint density at radius 2 is 2.05 bits per heavy atom. The van der Waals surface area contributed by atoms with Crippen LogP contribution in [0.1, 0.15) is 27.9 Å². The number of amides is 1. The van der Waals surface area contributed by atoms with E-state index < -0.39 is 12.0 Å². The molecule has 1 rings (SSSR count). The molecule has 0 saturated carbocycles. The second-order valence-corrected chi connectivity index (χ2v) is 4.46. The van der Waals surface area contributed by atoms with Gasteiger partial charge in [0.2, 0.25) is 0 Å². The lowest BCUT2D eigenvalue weighted by atomic mass is 10.0. The first-order chi connectivity index (χ1) is 8.95. The summed E-state index contributed by atoms with van der Waals surface area (Å²) < 4.78 is 4.83. The van der Waals surface area contributed by atoms with Gasteiger partial charge in [-0.2, -0.15) is 0 Å². The monoisotopic (exact) mass is 265 g/mol. The van der Waals surface area contributed by atoms with Crippen LogP contribution in [0.4, 0.5) is 0 Å².